The molecular weight excluding hydrogens is 350 g/mol. The summed E-state index contributed by atoms with van der Waals surface area (Å²) in [6.45, 7) is 7.40. The molecule has 1 amide bonds. The van der Waals surface area contributed by atoms with E-state index in [4.69, 9.17) is 0 Å². The van der Waals surface area contributed by atoms with Crippen LogP contribution in [-0.4, -0.2) is 35.0 Å². The number of nitrogens with one attached hydrogen (secondary N) is 2. The average molecular weight is 380 g/mol. The normalized spacial score (nSPS) is 17.0. The molecule has 0 radical (unpaired) electrons. The van der Waals surface area contributed by atoms with Crippen LogP contribution in [0, 0.1) is 0 Å². The smallest absolute Gasteiger partial charge is 0.254 e. The van der Waals surface area contributed by atoms with Crippen LogP contribution >= 0.6 is 0 Å². The molecule has 148 valence electrons. The lowest BCUT2D eigenvalue weighted by atomic mass is 9.99. The summed E-state index contributed by atoms with van der Waals surface area (Å²) in [4.78, 5) is 15.0. The summed E-state index contributed by atoms with van der Waals surface area (Å²) in [5, 5.41) is 17.1. The molecule has 5 nitrogen and oxygen atoms in total. The van der Waals surface area contributed by atoms with Gasteiger partial charge in [0.15, 0.2) is 0 Å². The number of rotatable bonds is 4. The quantitative estimate of drug-likeness (QED) is 0.755. The minimum atomic E-state index is 0.0194. The van der Waals surface area contributed by atoms with Crippen molar-refractivity contribution in [2.45, 2.75) is 51.7 Å². The van der Waals surface area contributed by atoms with Crippen molar-refractivity contribution in [3.8, 4) is 5.75 Å². The van der Waals surface area contributed by atoms with E-state index in [1.807, 2.05) is 24.8 Å². The Kier molecular flexibility index (Phi) is 5.27. The first-order valence-electron chi connectivity index (χ1n) is 10.2. The first-order chi connectivity index (χ1) is 13.5. The zero-order chi connectivity index (χ0) is 19.7. The molecule has 4 rings (SSSR count). The molecule has 0 aliphatic carbocycles. The van der Waals surface area contributed by atoms with Gasteiger partial charge in [-0.15, -0.1) is 0 Å². The van der Waals surface area contributed by atoms with E-state index in [9.17, 15) is 9.90 Å². The Morgan fingerprint density at radius 1 is 1.18 bits per heavy atom. The molecule has 1 fully saturated rings. The highest BCUT2D eigenvalue weighted by Crippen LogP contribution is 2.32. The number of phenolic OH excluding ortho intramolecular Hbond substituents is 1. The molecule has 2 heterocycles. The van der Waals surface area contributed by atoms with Gasteiger partial charge in [-0.3, -0.25) is 4.79 Å². The van der Waals surface area contributed by atoms with Crippen LogP contribution in [0.1, 0.15) is 59.7 Å². The van der Waals surface area contributed by atoms with Gasteiger partial charge in [-0.25, -0.2) is 0 Å². The molecule has 0 aromatic heterocycles. The summed E-state index contributed by atoms with van der Waals surface area (Å²) in [7, 11) is 0. The molecule has 0 atom stereocenters. The fourth-order valence-corrected chi connectivity index (χ4v) is 4.22. The average Bonchev–Trinajstić information content (AvgIpc) is 3.14. The van der Waals surface area contributed by atoms with Gasteiger partial charge in [-0.1, -0.05) is 26.0 Å². The van der Waals surface area contributed by atoms with Gasteiger partial charge in [0.25, 0.3) is 5.91 Å². The number of hydrogen-bond donors (Lipinski definition) is 3. The van der Waals surface area contributed by atoms with Crippen LogP contribution in [0.2, 0.25) is 0 Å². The van der Waals surface area contributed by atoms with E-state index in [1.54, 1.807) is 12.1 Å². The zero-order valence-corrected chi connectivity index (χ0v) is 16.7. The van der Waals surface area contributed by atoms with Crippen LogP contribution in [0.3, 0.4) is 0 Å². The molecule has 0 unspecified atom stereocenters. The number of carbonyl (C=O) groups is 1. The van der Waals surface area contributed by atoms with Gasteiger partial charge in [0.2, 0.25) is 0 Å². The van der Waals surface area contributed by atoms with Gasteiger partial charge in [0.1, 0.15) is 5.75 Å². The van der Waals surface area contributed by atoms with Crippen molar-refractivity contribution < 1.29 is 9.90 Å². The summed E-state index contributed by atoms with van der Waals surface area (Å²) < 4.78 is 0. The molecular formula is C23H29N3O2. The fraction of sp³-hybridized carbons (Fsp3) is 0.435. The highest BCUT2D eigenvalue weighted by molar-refractivity contribution is 5.95. The molecule has 2 aromatic carbocycles. The predicted molar refractivity (Wildman–Crippen MR) is 112 cm³/mol. The third-order valence-electron chi connectivity index (χ3n) is 5.87. The largest absolute Gasteiger partial charge is 0.508 e. The Labute approximate surface area is 166 Å². The number of carbonyl (C=O) groups excluding carboxylic acids is 1. The van der Waals surface area contributed by atoms with Crippen LogP contribution in [0.4, 0.5) is 5.69 Å². The van der Waals surface area contributed by atoms with Crippen LogP contribution in [0.5, 0.6) is 5.75 Å². The van der Waals surface area contributed by atoms with Gasteiger partial charge in [-0.05, 0) is 72.8 Å². The summed E-state index contributed by atoms with van der Waals surface area (Å²) >= 11 is 0. The van der Waals surface area contributed by atoms with Crippen LogP contribution in [0.25, 0.3) is 0 Å². The molecule has 0 saturated carbocycles. The summed E-state index contributed by atoms with van der Waals surface area (Å²) in [5.41, 5.74) is 5.07. The fourth-order valence-electron chi connectivity index (χ4n) is 4.22. The number of hydrogen-bond acceptors (Lipinski definition) is 4. The standard InChI is InChI=1S/C23H29N3O2/c1-15(2)19-12-16(6-7-22(19)27)23(28)26-13-17-4-3-5-21(20(17)14-26)25-18-8-10-24-11-9-18/h3-7,12,15,18,24-25,27H,8-11,13-14H2,1-2H3. The Morgan fingerprint density at radius 3 is 2.71 bits per heavy atom. The second kappa shape index (κ2) is 7.84. The van der Waals surface area contributed by atoms with Crippen molar-refractivity contribution in [1.29, 1.82) is 0 Å². The molecule has 0 bridgehead atoms. The third-order valence-corrected chi connectivity index (χ3v) is 5.87. The number of nitrogens with zero attached hydrogens (tertiary/aromatic N) is 1. The molecule has 2 aliphatic heterocycles. The Bertz CT molecular complexity index is 872. The highest BCUT2D eigenvalue weighted by atomic mass is 16.3. The Morgan fingerprint density at radius 2 is 1.96 bits per heavy atom. The van der Waals surface area contributed by atoms with Crippen molar-refractivity contribution in [2.75, 3.05) is 18.4 Å². The molecule has 1 saturated heterocycles. The van der Waals surface area contributed by atoms with Gasteiger partial charge in [0.05, 0.1) is 0 Å². The van der Waals surface area contributed by atoms with Gasteiger partial charge < -0.3 is 20.6 Å². The number of benzene rings is 2. The molecule has 5 heteroatoms. The van der Waals surface area contributed by atoms with E-state index in [-0.39, 0.29) is 17.6 Å². The maximum Gasteiger partial charge on any atom is 0.254 e. The van der Waals surface area contributed by atoms with Gasteiger partial charge in [-0.2, -0.15) is 0 Å². The molecule has 0 spiro atoms. The minimum Gasteiger partial charge on any atom is -0.508 e. The van der Waals surface area contributed by atoms with E-state index in [1.165, 1.54) is 11.1 Å². The predicted octanol–water partition coefficient (Wildman–Crippen LogP) is 3.84. The van der Waals surface area contributed by atoms with E-state index in [0.717, 1.165) is 37.2 Å². The van der Waals surface area contributed by atoms with E-state index in [0.29, 0.717) is 24.7 Å². The van der Waals surface area contributed by atoms with E-state index >= 15 is 0 Å². The third kappa shape index (κ3) is 3.72. The van der Waals surface area contributed by atoms with Gasteiger partial charge >= 0.3 is 0 Å². The highest BCUT2D eigenvalue weighted by Gasteiger charge is 2.27. The van der Waals surface area contributed by atoms with E-state index < -0.39 is 0 Å². The SMILES string of the molecule is CC(C)c1cc(C(=O)N2Cc3cccc(NC4CCNCC4)c3C2)ccc1O. The number of piperidine rings is 1. The Hall–Kier alpha value is -2.53. The lowest BCUT2D eigenvalue weighted by Gasteiger charge is -2.26. The monoisotopic (exact) mass is 379 g/mol. The minimum absolute atomic E-state index is 0.0194. The summed E-state index contributed by atoms with van der Waals surface area (Å²) in [5.74, 6) is 0.444. The van der Waals surface area contributed by atoms with Gasteiger partial charge in [0, 0.05) is 30.4 Å². The maximum absolute atomic E-state index is 13.1. The topological polar surface area (TPSA) is 64.6 Å². The van der Waals surface area contributed by atoms with Crippen LogP contribution in [0.15, 0.2) is 36.4 Å². The van der Waals surface area contributed by atoms with Crippen LogP contribution < -0.4 is 10.6 Å². The maximum atomic E-state index is 13.1. The van der Waals surface area contributed by atoms with Crippen molar-refractivity contribution in [3.05, 3.63) is 58.7 Å². The number of phenols is 1. The lowest BCUT2D eigenvalue weighted by molar-refractivity contribution is 0.0751. The number of anilines is 1. The second-order valence-electron chi connectivity index (χ2n) is 8.20. The lowest BCUT2D eigenvalue weighted by Crippen LogP contribution is -2.35. The van der Waals surface area contributed by atoms with E-state index in [2.05, 4.69) is 28.8 Å². The summed E-state index contributed by atoms with van der Waals surface area (Å²) in [6.07, 6.45) is 2.25. The molecule has 28 heavy (non-hydrogen) atoms. The first-order valence-corrected chi connectivity index (χ1v) is 10.2. The number of amides is 1. The first kappa shape index (κ1) is 18.8. The van der Waals surface area contributed by atoms with Crippen LogP contribution in [-0.2, 0) is 13.1 Å². The van der Waals surface area contributed by atoms with Crippen molar-refractivity contribution >= 4 is 11.6 Å². The second-order valence-corrected chi connectivity index (χ2v) is 8.20. The zero-order valence-electron chi connectivity index (χ0n) is 16.7. The van der Waals surface area contributed by atoms with Crippen molar-refractivity contribution in [2.24, 2.45) is 0 Å². The summed E-state index contributed by atoms with van der Waals surface area (Å²) in [6, 6.07) is 12.0. The van der Waals surface area contributed by atoms with Crippen molar-refractivity contribution in [3.63, 3.8) is 0 Å². The number of aromatic hydroxyl groups is 1. The number of fused-ring (bicyclic) bond motifs is 1. The Balaban J connectivity index is 1.52. The van der Waals surface area contributed by atoms with Crippen molar-refractivity contribution in [1.82, 2.24) is 10.2 Å². The molecule has 2 aromatic rings. The molecule has 3 N–H and O–H groups in total. The molecule has 2 aliphatic rings.